The minimum atomic E-state index is -0.326. The van der Waals surface area contributed by atoms with Crippen LogP contribution in [0.15, 0.2) is 48.9 Å². The quantitative estimate of drug-likeness (QED) is 0.434. The number of rotatable bonds is 4. The molecule has 0 saturated carbocycles. The summed E-state index contributed by atoms with van der Waals surface area (Å²) in [5.74, 6) is 0.563. The molecule has 1 aromatic carbocycles. The van der Waals surface area contributed by atoms with Gasteiger partial charge >= 0.3 is 6.03 Å². The van der Waals surface area contributed by atoms with Gasteiger partial charge in [-0.1, -0.05) is 6.07 Å². The number of aromatic nitrogens is 5. The summed E-state index contributed by atoms with van der Waals surface area (Å²) in [7, 11) is 0. The highest BCUT2D eigenvalue weighted by Crippen LogP contribution is 2.32. The smallest absolute Gasteiger partial charge is 0.321 e. The van der Waals surface area contributed by atoms with Crippen molar-refractivity contribution in [2.45, 2.75) is 6.92 Å². The number of hydrogen-bond acceptors (Lipinski definition) is 6. The molecule has 28 heavy (non-hydrogen) atoms. The van der Waals surface area contributed by atoms with Gasteiger partial charge in [-0.3, -0.25) is 10.3 Å². The van der Waals surface area contributed by atoms with Crippen molar-refractivity contribution in [3.05, 3.63) is 48.9 Å². The standard InChI is InChI=1S/C19H18N8O/c1-2-21-19(28)27-18-25-15-8-11(12-9-23-17(20)24-10-12)7-13(16(15)26-18)14-5-3-4-6-22-14/h3-10H,2H2,1H3,(H2,20,23,24)(H3,21,25,26,27,28). The number of nitrogens with two attached hydrogens (primary N) is 1. The summed E-state index contributed by atoms with van der Waals surface area (Å²) in [6.45, 7) is 2.37. The van der Waals surface area contributed by atoms with Crippen LogP contribution in [0.25, 0.3) is 33.4 Å². The average molecular weight is 374 g/mol. The molecular weight excluding hydrogens is 356 g/mol. The molecule has 0 fully saturated rings. The number of nitrogens with one attached hydrogen (secondary N) is 3. The molecule has 2 amide bonds. The zero-order valence-electron chi connectivity index (χ0n) is 15.1. The Morgan fingerprint density at radius 1 is 1.14 bits per heavy atom. The number of anilines is 2. The maximum absolute atomic E-state index is 11.8. The highest BCUT2D eigenvalue weighted by atomic mass is 16.2. The first-order chi connectivity index (χ1) is 13.6. The van der Waals surface area contributed by atoms with E-state index in [-0.39, 0.29) is 12.0 Å². The fourth-order valence-electron chi connectivity index (χ4n) is 2.86. The van der Waals surface area contributed by atoms with E-state index in [9.17, 15) is 4.79 Å². The number of urea groups is 1. The number of H-pyrrole nitrogens is 1. The summed E-state index contributed by atoms with van der Waals surface area (Å²) in [6, 6.07) is 9.23. The number of carbonyl (C=O) groups is 1. The Balaban J connectivity index is 1.86. The monoisotopic (exact) mass is 374 g/mol. The van der Waals surface area contributed by atoms with Crippen molar-refractivity contribution >= 4 is 29.0 Å². The van der Waals surface area contributed by atoms with Crippen LogP contribution >= 0.6 is 0 Å². The fourth-order valence-corrected chi connectivity index (χ4v) is 2.86. The lowest BCUT2D eigenvalue weighted by Crippen LogP contribution is -2.28. The molecule has 9 nitrogen and oxygen atoms in total. The highest BCUT2D eigenvalue weighted by molar-refractivity contribution is 5.97. The predicted molar refractivity (Wildman–Crippen MR) is 107 cm³/mol. The number of hydrogen-bond donors (Lipinski definition) is 4. The van der Waals surface area contributed by atoms with Crippen LogP contribution in [0.4, 0.5) is 16.7 Å². The van der Waals surface area contributed by atoms with Crippen molar-refractivity contribution in [2.24, 2.45) is 0 Å². The Labute approximate surface area is 160 Å². The van der Waals surface area contributed by atoms with Crippen LogP contribution in [-0.2, 0) is 0 Å². The Hall–Kier alpha value is -4.01. The molecule has 3 heterocycles. The first kappa shape index (κ1) is 17.4. The number of fused-ring (bicyclic) bond motifs is 1. The molecule has 140 valence electrons. The Kier molecular flexibility index (Phi) is 4.55. The zero-order valence-corrected chi connectivity index (χ0v) is 15.1. The van der Waals surface area contributed by atoms with Crippen molar-refractivity contribution < 1.29 is 4.79 Å². The molecule has 0 bridgehead atoms. The van der Waals surface area contributed by atoms with Gasteiger partial charge in [-0.2, -0.15) is 0 Å². The molecule has 0 spiro atoms. The number of imidazole rings is 1. The van der Waals surface area contributed by atoms with Crippen molar-refractivity contribution in [3.63, 3.8) is 0 Å². The lowest BCUT2D eigenvalue weighted by molar-refractivity contribution is 0.252. The minimum absolute atomic E-state index is 0.213. The molecule has 3 aromatic heterocycles. The third-order valence-electron chi connectivity index (χ3n) is 4.10. The lowest BCUT2D eigenvalue weighted by atomic mass is 10.0. The van der Waals surface area contributed by atoms with E-state index in [4.69, 9.17) is 5.73 Å². The van der Waals surface area contributed by atoms with Crippen molar-refractivity contribution in [3.8, 4) is 22.4 Å². The molecule has 4 aromatic rings. The molecule has 0 saturated heterocycles. The second-order valence-corrected chi connectivity index (χ2v) is 6.03. The summed E-state index contributed by atoms with van der Waals surface area (Å²) in [5.41, 5.74) is 10.3. The Morgan fingerprint density at radius 3 is 2.68 bits per heavy atom. The molecule has 0 radical (unpaired) electrons. The number of pyridine rings is 1. The van der Waals surface area contributed by atoms with E-state index in [1.54, 1.807) is 18.6 Å². The van der Waals surface area contributed by atoms with Crippen LogP contribution in [0.3, 0.4) is 0 Å². The molecule has 0 unspecified atom stereocenters. The van der Waals surface area contributed by atoms with Gasteiger partial charge in [0.2, 0.25) is 11.9 Å². The van der Waals surface area contributed by atoms with E-state index in [0.717, 1.165) is 27.9 Å². The fraction of sp³-hybridized carbons (Fsp3) is 0.105. The summed E-state index contributed by atoms with van der Waals surface area (Å²) in [6.07, 6.45) is 5.05. The SMILES string of the molecule is CCNC(=O)Nc1nc2c(-c3ccccn3)cc(-c3cnc(N)nc3)cc2[nH]1. The largest absolute Gasteiger partial charge is 0.368 e. The van der Waals surface area contributed by atoms with E-state index >= 15 is 0 Å². The van der Waals surface area contributed by atoms with Crippen molar-refractivity contribution in [1.82, 2.24) is 30.2 Å². The summed E-state index contributed by atoms with van der Waals surface area (Å²) >= 11 is 0. The normalized spacial score (nSPS) is 10.8. The van der Waals surface area contributed by atoms with Crippen LogP contribution in [0, 0.1) is 0 Å². The Morgan fingerprint density at radius 2 is 1.96 bits per heavy atom. The topological polar surface area (TPSA) is 134 Å². The molecular formula is C19H18N8O. The van der Waals surface area contributed by atoms with Gasteiger partial charge in [-0.05, 0) is 36.8 Å². The predicted octanol–water partition coefficient (Wildman–Crippen LogP) is 2.81. The second-order valence-electron chi connectivity index (χ2n) is 6.03. The molecule has 0 aliphatic rings. The number of amides is 2. The molecule has 4 rings (SSSR count). The van der Waals surface area contributed by atoms with Gasteiger partial charge in [0.05, 0.1) is 16.7 Å². The van der Waals surface area contributed by atoms with Crippen molar-refractivity contribution in [1.29, 1.82) is 0 Å². The van der Waals surface area contributed by atoms with E-state index in [1.165, 1.54) is 0 Å². The molecule has 9 heteroatoms. The first-order valence-corrected chi connectivity index (χ1v) is 8.72. The molecule has 5 N–H and O–H groups in total. The number of benzene rings is 1. The van der Waals surface area contributed by atoms with Crippen LogP contribution in [0.1, 0.15) is 6.92 Å². The molecule has 0 aliphatic heterocycles. The molecule has 0 aliphatic carbocycles. The minimum Gasteiger partial charge on any atom is -0.368 e. The van der Waals surface area contributed by atoms with Crippen LogP contribution in [-0.4, -0.2) is 37.5 Å². The van der Waals surface area contributed by atoms with Gasteiger partial charge in [0.15, 0.2) is 0 Å². The first-order valence-electron chi connectivity index (χ1n) is 8.72. The van der Waals surface area contributed by atoms with E-state index < -0.39 is 0 Å². The van der Waals surface area contributed by atoms with E-state index in [0.29, 0.717) is 18.0 Å². The van der Waals surface area contributed by atoms with E-state index in [2.05, 4.69) is 35.6 Å². The number of carbonyl (C=O) groups excluding carboxylic acids is 1. The van der Waals surface area contributed by atoms with Crippen molar-refractivity contribution in [2.75, 3.05) is 17.6 Å². The van der Waals surface area contributed by atoms with Gasteiger partial charge in [-0.15, -0.1) is 0 Å². The average Bonchev–Trinajstić information content (AvgIpc) is 3.10. The molecule has 0 atom stereocenters. The summed E-state index contributed by atoms with van der Waals surface area (Å²) in [4.78, 5) is 32.1. The van der Waals surface area contributed by atoms with Gasteiger partial charge in [0, 0.05) is 36.3 Å². The number of nitrogens with zero attached hydrogens (tertiary/aromatic N) is 4. The number of nitrogen functional groups attached to an aromatic ring is 1. The van der Waals surface area contributed by atoms with Gasteiger partial charge in [0.1, 0.15) is 0 Å². The van der Waals surface area contributed by atoms with Gasteiger partial charge < -0.3 is 16.0 Å². The maximum Gasteiger partial charge on any atom is 0.321 e. The maximum atomic E-state index is 11.8. The zero-order chi connectivity index (χ0) is 19.5. The van der Waals surface area contributed by atoms with Crippen LogP contribution < -0.4 is 16.4 Å². The third kappa shape index (κ3) is 3.45. The summed E-state index contributed by atoms with van der Waals surface area (Å²) in [5, 5.41) is 5.38. The van der Waals surface area contributed by atoms with E-state index in [1.807, 2.05) is 37.3 Å². The van der Waals surface area contributed by atoms with Gasteiger partial charge in [0.25, 0.3) is 0 Å². The lowest BCUT2D eigenvalue weighted by Gasteiger charge is -2.06. The Bertz CT molecular complexity index is 1120. The third-order valence-corrected chi connectivity index (χ3v) is 4.10. The van der Waals surface area contributed by atoms with Crippen LogP contribution in [0.2, 0.25) is 0 Å². The highest BCUT2D eigenvalue weighted by Gasteiger charge is 2.14. The second kappa shape index (κ2) is 7.31. The van der Waals surface area contributed by atoms with Crippen LogP contribution in [0.5, 0.6) is 0 Å². The summed E-state index contributed by atoms with van der Waals surface area (Å²) < 4.78 is 0. The number of aromatic amines is 1. The van der Waals surface area contributed by atoms with Gasteiger partial charge in [-0.25, -0.2) is 19.7 Å².